The van der Waals surface area contributed by atoms with E-state index in [1.165, 1.54) is 0 Å². The molecule has 0 fully saturated rings. The first-order chi connectivity index (χ1) is 14.8. The first kappa shape index (κ1) is 20.6. The van der Waals surface area contributed by atoms with Gasteiger partial charge in [-0.25, -0.2) is 4.98 Å². The maximum Gasteiger partial charge on any atom is 0.191 e. The molecule has 2 heterocycles. The quantitative estimate of drug-likeness (QED) is 0.290. The second kappa shape index (κ2) is 9.87. The second-order valence-electron chi connectivity index (χ2n) is 7.12. The summed E-state index contributed by atoms with van der Waals surface area (Å²) in [6.45, 7) is 3.20. The lowest BCUT2D eigenvalue weighted by molar-refractivity contribution is 0.284. The summed E-state index contributed by atoms with van der Waals surface area (Å²) < 4.78 is 2.19. The van der Waals surface area contributed by atoms with E-state index in [0.717, 1.165) is 70.3 Å². The van der Waals surface area contributed by atoms with Crippen LogP contribution in [-0.2, 0) is 6.54 Å². The number of hydrogen-bond donors (Lipinski definition) is 1. The fourth-order valence-electron chi connectivity index (χ4n) is 3.55. The number of hydrogen-bond acceptors (Lipinski definition) is 5. The van der Waals surface area contributed by atoms with Gasteiger partial charge in [-0.2, -0.15) is 0 Å². The minimum Gasteiger partial charge on any atom is -0.396 e. The van der Waals surface area contributed by atoms with Crippen molar-refractivity contribution in [1.29, 1.82) is 0 Å². The molecular formula is C24H26N4OS. The Kier molecular flexibility index (Phi) is 6.77. The molecule has 2 aromatic carbocycles. The van der Waals surface area contributed by atoms with Gasteiger partial charge in [-0.1, -0.05) is 66.7 Å². The van der Waals surface area contributed by atoms with Crippen molar-refractivity contribution in [2.45, 2.75) is 37.9 Å². The number of para-hydroxylation sites is 1. The van der Waals surface area contributed by atoms with Crippen LogP contribution in [0.15, 0.2) is 65.8 Å². The molecule has 0 spiro atoms. The van der Waals surface area contributed by atoms with Crippen LogP contribution < -0.4 is 0 Å². The summed E-state index contributed by atoms with van der Waals surface area (Å²) >= 11 is 1.74. The summed E-state index contributed by atoms with van der Waals surface area (Å²) in [6, 6.07) is 20.6. The van der Waals surface area contributed by atoms with Gasteiger partial charge in [0.1, 0.15) is 0 Å². The average Bonchev–Trinajstić information content (AvgIpc) is 3.21. The van der Waals surface area contributed by atoms with Crippen LogP contribution in [0.3, 0.4) is 0 Å². The summed E-state index contributed by atoms with van der Waals surface area (Å²) in [6.07, 6.45) is 2.96. The molecular weight excluding hydrogens is 392 g/mol. The van der Waals surface area contributed by atoms with Crippen molar-refractivity contribution in [3.63, 3.8) is 0 Å². The van der Waals surface area contributed by atoms with Crippen molar-refractivity contribution in [1.82, 2.24) is 19.7 Å². The van der Waals surface area contributed by atoms with Crippen LogP contribution in [0, 0.1) is 0 Å². The number of benzene rings is 2. The van der Waals surface area contributed by atoms with Crippen LogP contribution in [0.1, 0.15) is 26.2 Å². The maximum absolute atomic E-state index is 8.95. The lowest BCUT2D eigenvalue weighted by Gasteiger charge is -2.11. The molecule has 0 bridgehead atoms. The molecule has 0 aliphatic carbocycles. The van der Waals surface area contributed by atoms with Crippen LogP contribution in [0.5, 0.6) is 0 Å². The van der Waals surface area contributed by atoms with Gasteiger partial charge in [0.05, 0.1) is 11.2 Å². The fourth-order valence-corrected chi connectivity index (χ4v) is 4.55. The highest BCUT2D eigenvalue weighted by molar-refractivity contribution is 7.99. The van der Waals surface area contributed by atoms with Gasteiger partial charge in [-0.3, -0.25) is 0 Å². The molecule has 6 heteroatoms. The van der Waals surface area contributed by atoms with Gasteiger partial charge in [0, 0.05) is 35.4 Å². The van der Waals surface area contributed by atoms with E-state index in [-0.39, 0.29) is 6.61 Å². The summed E-state index contributed by atoms with van der Waals surface area (Å²) in [5.41, 5.74) is 4.04. The van der Waals surface area contributed by atoms with Crippen LogP contribution in [0.4, 0.5) is 0 Å². The smallest absolute Gasteiger partial charge is 0.191 e. The minimum absolute atomic E-state index is 0.263. The number of nitrogens with zero attached hydrogens (tertiary/aromatic N) is 4. The van der Waals surface area contributed by atoms with Gasteiger partial charge in [-0.05, 0) is 31.9 Å². The van der Waals surface area contributed by atoms with E-state index in [1.54, 1.807) is 11.8 Å². The van der Waals surface area contributed by atoms with Crippen LogP contribution in [0.25, 0.3) is 33.5 Å². The van der Waals surface area contributed by atoms with Crippen molar-refractivity contribution in [3.8, 4) is 22.6 Å². The Labute approximate surface area is 181 Å². The molecule has 4 rings (SSSR count). The summed E-state index contributed by atoms with van der Waals surface area (Å²) in [4.78, 5) is 4.89. The number of aliphatic hydroxyl groups excluding tert-OH is 1. The van der Waals surface area contributed by atoms with Gasteiger partial charge >= 0.3 is 0 Å². The largest absolute Gasteiger partial charge is 0.396 e. The summed E-state index contributed by atoms with van der Waals surface area (Å²) in [5.74, 6) is 1.86. The van der Waals surface area contributed by atoms with E-state index in [2.05, 4.69) is 52.0 Å². The molecule has 30 heavy (non-hydrogen) atoms. The molecule has 4 aromatic rings. The Morgan fingerprint density at radius 3 is 2.53 bits per heavy atom. The van der Waals surface area contributed by atoms with E-state index in [4.69, 9.17) is 10.1 Å². The van der Waals surface area contributed by atoms with Crippen molar-refractivity contribution < 1.29 is 5.11 Å². The SMILES string of the molecule is CCn1c(SCCCCCO)nnc1-c1cc(-c2ccccc2)nc2ccccc12. The third-order valence-electron chi connectivity index (χ3n) is 5.09. The van der Waals surface area contributed by atoms with Crippen molar-refractivity contribution in [2.24, 2.45) is 0 Å². The van der Waals surface area contributed by atoms with Crippen molar-refractivity contribution in [2.75, 3.05) is 12.4 Å². The first-order valence-electron chi connectivity index (χ1n) is 10.4. The van der Waals surface area contributed by atoms with Crippen LogP contribution >= 0.6 is 11.8 Å². The van der Waals surface area contributed by atoms with Gasteiger partial charge in [0.2, 0.25) is 0 Å². The molecule has 0 saturated carbocycles. The Bertz CT molecular complexity index is 1110. The van der Waals surface area contributed by atoms with Crippen molar-refractivity contribution >= 4 is 22.7 Å². The molecule has 154 valence electrons. The maximum atomic E-state index is 8.95. The van der Waals surface area contributed by atoms with Gasteiger partial charge in [-0.15, -0.1) is 10.2 Å². The molecule has 2 aromatic heterocycles. The highest BCUT2D eigenvalue weighted by Crippen LogP contribution is 2.33. The van der Waals surface area contributed by atoms with Gasteiger partial charge in [0.25, 0.3) is 0 Å². The van der Waals surface area contributed by atoms with Crippen LogP contribution in [0.2, 0.25) is 0 Å². The fraction of sp³-hybridized carbons (Fsp3) is 0.292. The molecule has 0 atom stereocenters. The topological polar surface area (TPSA) is 63.8 Å². The Hall–Kier alpha value is -2.70. The first-order valence-corrected chi connectivity index (χ1v) is 11.4. The molecule has 0 amide bonds. The number of unbranched alkanes of at least 4 members (excludes halogenated alkanes) is 2. The zero-order valence-electron chi connectivity index (χ0n) is 17.2. The third kappa shape index (κ3) is 4.40. The normalized spacial score (nSPS) is 11.3. The lowest BCUT2D eigenvalue weighted by Crippen LogP contribution is -2.01. The average molecular weight is 419 g/mol. The molecule has 0 unspecified atom stereocenters. The Balaban J connectivity index is 1.74. The zero-order chi connectivity index (χ0) is 20.8. The van der Waals surface area contributed by atoms with Gasteiger partial charge < -0.3 is 9.67 Å². The standard InChI is InChI=1S/C24H26N4OS/c1-2-28-23(26-27-24(28)30-16-10-4-9-15-29)20-17-22(18-11-5-3-6-12-18)25-21-14-8-7-13-19(20)21/h3,5-8,11-14,17,29H,2,4,9-10,15-16H2,1H3. The van der Waals surface area contributed by atoms with E-state index >= 15 is 0 Å². The summed E-state index contributed by atoms with van der Waals surface area (Å²) in [5, 5.41) is 20.1. The predicted molar refractivity (Wildman–Crippen MR) is 124 cm³/mol. The molecule has 0 aliphatic heterocycles. The molecule has 0 saturated heterocycles. The third-order valence-corrected chi connectivity index (χ3v) is 6.15. The monoisotopic (exact) mass is 418 g/mol. The number of aromatic nitrogens is 4. The minimum atomic E-state index is 0.263. The molecule has 0 aliphatic rings. The predicted octanol–water partition coefficient (Wildman–Crippen LogP) is 5.43. The lowest BCUT2D eigenvalue weighted by atomic mass is 10.0. The second-order valence-corrected chi connectivity index (χ2v) is 8.18. The number of pyridine rings is 1. The molecule has 5 nitrogen and oxygen atoms in total. The van der Waals surface area contributed by atoms with Gasteiger partial charge in [0.15, 0.2) is 11.0 Å². The number of rotatable bonds is 9. The van der Waals surface area contributed by atoms with E-state index in [9.17, 15) is 0 Å². The number of thioether (sulfide) groups is 1. The Morgan fingerprint density at radius 1 is 0.933 bits per heavy atom. The highest BCUT2D eigenvalue weighted by atomic mass is 32.2. The molecule has 0 radical (unpaired) electrons. The summed E-state index contributed by atoms with van der Waals surface area (Å²) in [7, 11) is 0. The zero-order valence-corrected chi connectivity index (χ0v) is 18.0. The number of aliphatic hydroxyl groups is 1. The van der Waals surface area contributed by atoms with Crippen molar-refractivity contribution in [3.05, 3.63) is 60.7 Å². The number of fused-ring (bicyclic) bond motifs is 1. The van der Waals surface area contributed by atoms with Crippen LogP contribution in [-0.4, -0.2) is 37.2 Å². The van der Waals surface area contributed by atoms with E-state index < -0.39 is 0 Å². The van der Waals surface area contributed by atoms with E-state index in [1.807, 2.05) is 30.3 Å². The Morgan fingerprint density at radius 2 is 1.73 bits per heavy atom. The molecule has 1 N–H and O–H groups in total. The van der Waals surface area contributed by atoms with E-state index in [0.29, 0.717) is 0 Å². The highest BCUT2D eigenvalue weighted by Gasteiger charge is 2.17.